The fourth-order valence-electron chi connectivity index (χ4n) is 1.97. The van der Waals surface area contributed by atoms with E-state index in [0.717, 1.165) is 31.6 Å². The Bertz CT molecular complexity index is 356. The molecule has 0 radical (unpaired) electrons. The fourth-order valence-corrected chi connectivity index (χ4v) is 2.25. The van der Waals surface area contributed by atoms with Crippen molar-refractivity contribution in [2.24, 2.45) is 5.73 Å². The SMILES string of the molecule is NC1CCCN(c2ccc(F)cc2Cl)C1. The average molecular weight is 229 g/mol. The number of nitrogens with two attached hydrogens (primary N) is 1. The van der Waals surface area contributed by atoms with Gasteiger partial charge in [-0.3, -0.25) is 0 Å². The lowest BCUT2D eigenvalue weighted by Gasteiger charge is -2.33. The molecule has 2 N–H and O–H groups in total. The first-order valence-electron chi connectivity index (χ1n) is 5.12. The predicted octanol–water partition coefficient (Wildman–Crippen LogP) is 2.41. The van der Waals surface area contributed by atoms with Crippen LogP contribution in [0.25, 0.3) is 0 Å². The molecule has 1 aromatic carbocycles. The van der Waals surface area contributed by atoms with Crippen LogP contribution in [0.1, 0.15) is 12.8 Å². The van der Waals surface area contributed by atoms with Crippen molar-refractivity contribution >= 4 is 17.3 Å². The van der Waals surface area contributed by atoms with Gasteiger partial charge in [-0.25, -0.2) is 4.39 Å². The van der Waals surface area contributed by atoms with E-state index in [9.17, 15) is 4.39 Å². The summed E-state index contributed by atoms with van der Waals surface area (Å²) in [5, 5.41) is 0.462. The Kier molecular flexibility index (Phi) is 3.12. The normalized spacial score (nSPS) is 21.8. The van der Waals surface area contributed by atoms with Crippen molar-refractivity contribution < 1.29 is 4.39 Å². The molecule has 1 saturated heterocycles. The third-order valence-corrected chi connectivity index (χ3v) is 3.01. The molecule has 0 aliphatic carbocycles. The Labute approximate surface area is 93.8 Å². The minimum Gasteiger partial charge on any atom is -0.369 e. The van der Waals surface area contributed by atoms with Gasteiger partial charge in [-0.1, -0.05) is 11.6 Å². The highest BCUT2D eigenvalue weighted by Crippen LogP contribution is 2.28. The van der Waals surface area contributed by atoms with E-state index in [0.29, 0.717) is 5.02 Å². The van der Waals surface area contributed by atoms with Crippen LogP contribution in [-0.2, 0) is 0 Å². The molecule has 1 atom stereocenters. The summed E-state index contributed by atoms with van der Waals surface area (Å²) in [4.78, 5) is 2.12. The van der Waals surface area contributed by atoms with E-state index in [2.05, 4.69) is 4.90 Å². The van der Waals surface area contributed by atoms with Gasteiger partial charge in [0.25, 0.3) is 0 Å². The van der Waals surface area contributed by atoms with E-state index in [1.807, 2.05) is 0 Å². The van der Waals surface area contributed by atoms with E-state index < -0.39 is 0 Å². The zero-order valence-electron chi connectivity index (χ0n) is 8.42. The van der Waals surface area contributed by atoms with Crippen LogP contribution in [0.2, 0.25) is 5.02 Å². The summed E-state index contributed by atoms with van der Waals surface area (Å²) >= 11 is 5.99. The molecule has 1 fully saturated rings. The Balaban J connectivity index is 2.21. The minimum absolute atomic E-state index is 0.194. The highest BCUT2D eigenvalue weighted by molar-refractivity contribution is 6.33. The van der Waals surface area contributed by atoms with E-state index in [1.54, 1.807) is 6.07 Å². The van der Waals surface area contributed by atoms with Gasteiger partial charge in [0.15, 0.2) is 0 Å². The Hall–Kier alpha value is -0.800. The van der Waals surface area contributed by atoms with E-state index in [-0.39, 0.29) is 11.9 Å². The molecular weight excluding hydrogens is 215 g/mol. The van der Waals surface area contributed by atoms with Crippen LogP contribution in [-0.4, -0.2) is 19.1 Å². The van der Waals surface area contributed by atoms with Gasteiger partial charge in [-0.05, 0) is 31.0 Å². The number of anilines is 1. The van der Waals surface area contributed by atoms with Crippen molar-refractivity contribution in [2.45, 2.75) is 18.9 Å². The Morgan fingerprint density at radius 1 is 1.47 bits per heavy atom. The summed E-state index contributed by atoms with van der Waals surface area (Å²) < 4.78 is 12.9. The first-order chi connectivity index (χ1) is 7.16. The lowest BCUT2D eigenvalue weighted by molar-refractivity contribution is 0.506. The van der Waals surface area contributed by atoms with Crippen LogP contribution in [0.15, 0.2) is 18.2 Å². The maximum absolute atomic E-state index is 12.9. The molecule has 1 aliphatic rings. The van der Waals surface area contributed by atoms with Crippen molar-refractivity contribution in [3.8, 4) is 0 Å². The summed E-state index contributed by atoms with van der Waals surface area (Å²) in [7, 11) is 0. The first kappa shape index (κ1) is 10.7. The second kappa shape index (κ2) is 4.37. The monoisotopic (exact) mass is 228 g/mol. The van der Waals surface area contributed by atoms with Crippen molar-refractivity contribution in [2.75, 3.05) is 18.0 Å². The molecule has 1 aliphatic heterocycles. The smallest absolute Gasteiger partial charge is 0.124 e. The molecule has 82 valence electrons. The lowest BCUT2D eigenvalue weighted by Crippen LogP contribution is -2.42. The molecule has 2 nitrogen and oxygen atoms in total. The summed E-state index contributed by atoms with van der Waals surface area (Å²) in [6, 6.07) is 4.69. The van der Waals surface area contributed by atoms with Crippen molar-refractivity contribution in [3.05, 3.63) is 29.0 Å². The summed E-state index contributed by atoms with van der Waals surface area (Å²) in [6.07, 6.45) is 2.12. The van der Waals surface area contributed by atoms with Crippen LogP contribution in [0, 0.1) is 5.82 Å². The third-order valence-electron chi connectivity index (χ3n) is 2.71. The van der Waals surface area contributed by atoms with Crippen LogP contribution < -0.4 is 10.6 Å². The van der Waals surface area contributed by atoms with E-state index >= 15 is 0 Å². The van der Waals surface area contributed by atoms with Gasteiger partial charge in [-0.15, -0.1) is 0 Å². The van der Waals surface area contributed by atoms with Gasteiger partial charge in [0.1, 0.15) is 5.82 Å². The van der Waals surface area contributed by atoms with Crippen LogP contribution in [0.4, 0.5) is 10.1 Å². The third kappa shape index (κ3) is 2.41. The van der Waals surface area contributed by atoms with Gasteiger partial charge in [0.05, 0.1) is 10.7 Å². The van der Waals surface area contributed by atoms with E-state index in [1.165, 1.54) is 12.1 Å². The van der Waals surface area contributed by atoms with Gasteiger partial charge in [0, 0.05) is 19.1 Å². The number of nitrogens with zero attached hydrogens (tertiary/aromatic N) is 1. The average Bonchev–Trinajstić information content (AvgIpc) is 2.17. The first-order valence-corrected chi connectivity index (χ1v) is 5.50. The molecule has 1 unspecified atom stereocenters. The Morgan fingerprint density at radius 2 is 2.27 bits per heavy atom. The molecule has 0 saturated carbocycles. The van der Waals surface area contributed by atoms with Crippen LogP contribution in [0.5, 0.6) is 0 Å². The Morgan fingerprint density at radius 3 is 2.93 bits per heavy atom. The molecule has 0 amide bonds. The number of hydrogen-bond donors (Lipinski definition) is 1. The minimum atomic E-state index is -0.301. The number of benzene rings is 1. The van der Waals surface area contributed by atoms with Gasteiger partial charge in [0.2, 0.25) is 0 Å². The standard InChI is InChI=1S/C11H14ClFN2/c12-10-6-8(13)3-4-11(10)15-5-1-2-9(14)7-15/h3-4,6,9H,1-2,5,7,14H2. The molecule has 4 heteroatoms. The molecule has 1 aromatic rings. The molecule has 15 heavy (non-hydrogen) atoms. The quantitative estimate of drug-likeness (QED) is 0.800. The van der Waals surface area contributed by atoms with Crippen molar-refractivity contribution in [1.29, 1.82) is 0 Å². The molecule has 2 rings (SSSR count). The predicted molar refractivity (Wildman–Crippen MR) is 60.8 cm³/mol. The zero-order chi connectivity index (χ0) is 10.8. The van der Waals surface area contributed by atoms with Crippen LogP contribution in [0.3, 0.4) is 0 Å². The van der Waals surface area contributed by atoms with Gasteiger partial charge < -0.3 is 10.6 Å². The van der Waals surface area contributed by atoms with Gasteiger partial charge in [-0.2, -0.15) is 0 Å². The molecule has 0 spiro atoms. The number of rotatable bonds is 1. The highest BCUT2D eigenvalue weighted by atomic mass is 35.5. The fraction of sp³-hybridized carbons (Fsp3) is 0.455. The maximum atomic E-state index is 12.9. The van der Waals surface area contributed by atoms with Gasteiger partial charge >= 0.3 is 0 Å². The highest BCUT2D eigenvalue weighted by Gasteiger charge is 2.18. The second-order valence-electron chi connectivity index (χ2n) is 3.94. The summed E-state index contributed by atoms with van der Waals surface area (Å²) in [5.74, 6) is -0.301. The van der Waals surface area contributed by atoms with E-state index in [4.69, 9.17) is 17.3 Å². The lowest BCUT2D eigenvalue weighted by atomic mass is 10.1. The molecule has 1 heterocycles. The largest absolute Gasteiger partial charge is 0.369 e. The van der Waals surface area contributed by atoms with Crippen molar-refractivity contribution in [1.82, 2.24) is 0 Å². The number of hydrogen-bond acceptors (Lipinski definition) is 2. The molecule has 0 aromatic heterocycles. The topological polar surface area (TPSA) is 29.3 Å². The zero-order valence-corrected chi connectivity index (χ0v) is 9.17. The maximum Gasteiger partial charge on any atom is 0.124 e. The molecule has 0 bridgehead atoms. The second-order valence-corrected chi connectivity index (χ2v) is 4.35. The summed E-state index contributed by atoms with van der Waals surface area (Å²) in [6.45, 7) is 1.74. The number of halogens is 2. The summed E-state index contributed by atoms with van der Waals surface area (Å²) in [5.41, 5.74) is 6.77. The van der Waals surface area contributed by atoms with Crippen molar-refractivity contribution in [3.63, 3.8) is 0 Å². The van der Waals surface area contributed by atoms with Crippen LogP contribution >= 0.6 is 11.6 Å². The number of piperidine rings is 1. The molecular formula is C11H14ClFN2.